The number of nitrogens with one attached hydrogen (secondary N) is 1. The van der Waals surface area contributed by atoms with Gasteiger partial charge in [-0.25, -0.2) is 4.79 Å². The number of halogens is 3. The summed E-state index contributed by atoms with van der Waals surface area (Å²) in [6.45, 7) is 5.13. The van der Waals surface area contributed by atoms with Gasteiger partial charge in [0.2, 0.25) is 0 Å². The highest BCUT2D eigenvalue weighted by Crippen LogP contribution is 2.50. The molecule has 1 saturated carbocycles. The van der Waals surface area contributed by atoms with E-state index in [0.717, 1.165) is 6.42 Å². The van der Waals surface area contributed by atoms with E-state index in [1.54, 1.807) is 29.2 Å². The lowest BCUT2D eigenvalue weighted by Gasteiger charge is -2.38. The second-order valence-corrected chi connectivity index (χ2v) is 9.44. The first-order chi connectivity index (χ1) is 17.1. The molecule has 3 atom stereocenters. The average Bonchev–Trinajstić information content (AvgIpc) is 2.80. The number of aromatic hydroxyl groups is 1. The fourth-order valence-electron chi connectivity index (χ4n) is 4.34. The van der Waals surface area contributed by atoms with Crippen molar-refractivity contribution < 1.29 is 32.6 Å². The molecular weight excluding hydrogens is 473 g/mol. The van der Waals surface area contributed by atoms with E-state index >= 15 is 0 Å². The van der Waals surface area contributed by atoms with Crippen LogP contribution in [0.15, 0.2) is 48.5 Å². The van der Waals surface area contributed by atoms with Crippen molar-refractivity contribution in [3.8, 4) is 5.75 Å². The molecule has 36 heavy (non-hydrogen) atoms. The first kappa shape index (κ1) is 27.4. The Morgan fingerprint density at radius 2 is 1.78 bits per heavy atom. The van der Waals surface area contributed by atoms with Crippen LogP contribution in [0, 0.1) is 11.8 Å². The number of carbonyl (C=O) groups is 2. The standard InChI is InChI=1S/C27H33F3N2O4/c1-3-14-32(16-18(2)15-31-25(34)21-8-10-22(33)11-9-21)26(35)36-17-19-4-6-20(7-5-19)23-12-13-24(23)27(28,29)30/h4-11,18,23-24,33H,3,12-17H2,1-2H3,(H,31,34). The Balaban J connectivity index is 1.47. The van der Waals surface area contributed by atoms with Gasteiger partial charge in [0.25, 0.3) is 5.91 Å². The van der Waals surface area contributed by atoms with Crippen molar-refractivity contribution in [1.29, 1.82) is 0 Å². The number of rotatable bonds is 10. The van der Waals surface area contributed by atoms with Crippen molar-refractivity contribution in [2.24, 2.45) is 11.8 Å². The molecule has 0 spiro atoms. The molecule has 0 radical (unpaired) electrons. The Morgan fingerprint density at radius 3 is 2.33 bits per heavy atom. The number of nitrogens with zero attached hydrogens (tertiary/aromatic N) is 1. The van der Waals surface area contributed by atoms with Gasteiger partial charge >= 0.3 is 12.3 Å². The van der Waals surface area contributed by atoms with Crippen LogP contribution in [-0.2, 0) is 11.3 Å². The third-order valence-electron chi connectivity index (χ3n) is 6.49. The van der Waals surface area contributed by atoms with Crippen LogP contribution in [0.4, 0.5) is 18.0 Å². The Bertz CT molecular complexity index is 1010. The minimum Gasteiger partial charge on any atom is -0.508 e. The smallest absolute Gasteiger partial charge is 0.410 e. The van der Waals surface area contributed by atoms with E-state index < -0.39 is 24.1 Å². The van der Waals surface area contributed by atoms with Gasteiger partial charge in [-0.2, -0.15) is 13.2 Å². The number of amides is 2. The maximum atomic E-state index is 13.0. The zero-order valence-corrected chi connectivity index (χ0v) is 20.6. The molecule has 0 aliphatic heterocycles. The number of phenolic OH excluding ortho intramolecular Hbond substituents is 1. The number of benzene rings is 2. The largest absolute Gasteiger partial charge is 0.508 e. The SMILES string of the molecule is CCCN(CC(C)CNC(=O)c1ccc(O)cc1)C(=O)OCc1ccc(C2CCC2C(F)(F)F)cc1. The summed E-state index contributed by atoms with van der Waals surface area (Å²) < 4.78 is 44.6. The summed E-state index contributed by atoms with van der Waals surface area (Å²) in [4.78, 5) is 26.5. The normalized spacial score (nSPS) is 18.1. The molecular formula is C27H33F3N2O4. The zero-order chi connectivity index (χ0) is 26.3. The molecule has 1 fully saturated rings. The fourth-order valence-corrected chi connectivity index (χ4v) is 4.34. The summed E-state index contributed by atoms with van der Waals surface area (Å²) in [7, 11) is 0. The Labute approximate surface area is 209 Å². The van der Waals surface area contributed by atoms with Gasteiger partial charge in [0.05, 0.1) is 5.92 Å². The monoisotopic (exact) mass is 506 g/mol. The molecule has 2 aromatic carbocycles. The van der Waals surface area contributed by atoms with E-state index in [4.69, 9.17) is 4.74 Å². The predicted octanol–water partition coefficient (Wildman–Crippen LogP) is 5.86. The van der Waals surface area contributed by atoms with E-state index in [9.17, 15) is 27.9 Å². The van der Waals surface area contributed by atoms with Gasteiger partial charge in [0.15, 0.2) is 0 Å². The fraction of sp³-hybridized carbons (Fsp3) is 0.481. The summed E-state index contributed by atoms with van der Waals surface area (Å²) in [6, 6.07) is 12.7. The summed E-state index contributed by atoms with van der Waals surface area (Å²) in [5, 5.41) is 12.2. The zero-order valence-electron chi connectivity index (χ0n) is 20.6. The predicted molar refractivity (Wildman–Crippen MR) is 130 cm³/mol. The molecule has 0 heterocycles. The van der Waals surface area contributed by atoms with Crippen LogP contribution in [0.1, 0.15) is 60.5 Å². The van der Waals surface area contributed by atoms with Gasteiger partial charge in [-0.15, -0.1) is 0 Å². The van der Waals surface area contributed by atoms with Crippen LogP contribution < -0.4 is 5.32 Å². The number of hydrogen-bond acceptors (Lipinski definition) is 4. The number of alkyl halides is 3. The molecule has 2 aromatic rings. The second-order valence-electron chi connectivity index (χ2n) is 9.44. The summed E-state index contributed by atoms with van der Waals surface area (Å²) in [6.07, 6.45) is -3.23. The summed E-state index contributed by atoms with van der Waals surface area (Å²) >= 11 is 0. The Kier molecular flexibility index (Phi) is 9.23. The summed E-state index contributed by atoms with van der Waals surface area (Å²) in [5.41, 5.74) is 1.80. The van der Waals surface area contributed by atoms with Crippen molar-refractivity contribution in [2.45, 2.75) is 51.8 Å². The lowest BCUT2D eigenvalue weighted by molar-refractivity contribution is -0.200. The molecule has 1 aliphatic carbocycles. The van der Waals surface area contributed by atoms with Crippen LogP contribution >= 0.6 is 0 Å². The van der Waals surface area contributed by atoms with Gasteiger partial charge in [-0.1, -0.05) is 38.1 Å². The van der Waals surface area contributed by atoms with Crippen molar-refractivity contribution >= 4 is 12.0 Å². The lowest BCUT2D eigenvalue weighted by atomic mass is 9.69. The molecule has 0 bridgehead atoms. The second kappa shape index (κ2) is 12.1. The van der Waals surface area contributed by atoms with Gasteiger partial charge < -0.3 is 20.1 Å². The molecule has 6 nitrogen and oxygen atoms in total. The van der Waals surface area contributed by atoms with Gasteiger partial charge in [0.1, 0.15) is 12.4 Å². The Hall–Kier alpha value is -3.23. The van der Waals surface area contributed by atoms with E-state index in [1.165, 1.54) is 24.3 Å². The molecule has 0 aromatic heterocycles. The van der Waals surface area contributed by atoms with E-state index in [2.05, 4.69) is 5.32 Å². The number of ether oxygens (including phenoxy) is 1. The molecule has 1 aliphatic rings. The van der Waals surface area contributed by atoms with Crippen LogP contribution in [-0.4, -0.2) is 47.8 Å². The molecule has 2 amide bonds. The third-order valence-corrected chi connectivity index (χ3v) is 6.49. The van der Waals surface area contributed by atoms with Crippen molar-refractivity contribution in [2.75, 3.05) is 19.6 Å². The van der Waals surface area contributed by atoms with Crippen molar-refractivity contribution in [3.63, 3.8) is 0 Å². The van der Waals surface area contributed by atoms with Crippen molar-refractivity contribution in [3.05, 3.63) is 65.2 Å². The topological polar surface area (TPSA) is 78.9 Å². The first-order valence-electron chi connectivity index (χ1n) is 12.2. The van der Waals surface area contributed by atoms with Crippen LogP contribution in [0.25, 0.3) is 0 Å². The molecule has 0 saturated heterocycles. The highest BCUT2D eigenvalue weighted by molar-refractivity contribution is 5.94. The van der Waals surface area contributed by atoms with Gasteiger partial charge in [-0.05, 0) is 66.5 Å². The van der Waals surface area contributed by atoms with E-state index in [1.807, 2.05) is 13.8 Å². The number of carbonyl (C=O) groups excluding carboxylic acids is 2. The third kappa shape index (κ3) is 7.38. The number of hydrogen-bond donors (Lipinski definition) is 2. The highest BCUT2D eigenvalue weighted by atomic mass is 19.4. The van der Waals surface area contributed by atoms with Gasteiger partial charge in [0, 0.05) is 25.2 Å². The molecule has 3 rings (SSSR count). The van der Waals surface area contributed by atoms with Crippen LogP contribution in [0.2, 0.25) is 0 Å². The number of phenols is 1. The minimum absolute atomic E-state index is 0.0265. The highest BCUT2D eigenvalue weighted by Gasteiger charge is 2.50. The molecule has 196 valence electrons. The van der Waals surface area contributed by atoms with E-state index in [-0.39, 0.29) is 30.6 Å². The quantitative estimate of drug-likeness (QED) is 0.423. The van der Waals surface area contributed by atoms with Crippen molar-refractivity contribution in [1.82, 2.24) is 10.2 Å². The minimum atomic E-state index is -4.18. The van der Waals surface area contributed by atoms with E-state index in [0.29, 0.717) is 42.7 Å². The molecule has 2 N–H and O–H groups in total. The van der Waals surface area contributed by atoms with Gasteiger partial charge in [-0.3, -0.25) is 4.79 Å². The Morgan fingerprint density at radius 1 is 1.11 bits per heavy atom. The summed E-state index contributed by atoms with van der Waals surface area (Å²) in [5.74, 6) is -2.00. The maximum Gasteiger partial charge on any atom is 0.410 e. The lowest BCUT2D eigenvalue weighted by Crippen LogP contribution is -2.39. The first-order valence-corrected chi connectivity index (χ1v) is 12.2. The van der Waals surface area contributed by atoms with Crippen LogP contribution in [0.3, 0.4) is 0 Å². The van der Waals surface area contributed by atoms with Crippen LogP contribution in [0.5, 0.6) is 5.75 Å². The maximum absolute atomic E-state index is 13.0. The molecule has 9 heteroatoms. The molecule has 3 unspecified atom stereocenters. The average molecular weight is 507 g/mol.